The number of hydrogen-bond donors (Lipinski definition) is 2. The zero-order valence-corrected chi connectivity index (χ0v) is 15.7. The number of likely N-dealkylation sites (tertiary alicyclic amines) is 1. The molecule has 2 rings (SSSR count). The third kappa shape index (κ3) is 5.85. The van der Waals surface area contributed by atoms with Crippen LogP contribution in [0.25, 0.3) is 0 Å². The normalized spacial score (nSPS) is 22.4. The number of β-amino-alcohol motifs (C(OH)–C–C–N with tert-alkyl or cyclic N) is 1. The average Bonchev–Trinajstić information content (AvgIpc) is 2.94. The van der Waals surface area contributed by atoms with E-state index in [4.69, 9.17) is 0 Å². The van der Waals surface area contributed by atoms with Crippen LogP contribution in [0, 0.1) is 0 Å². The number of thioether (sulfide) groups is 1. The van der Waals surface area contributed by atoms with Crippen molar-refractivity contribution in [1.82, 2.24) is 4.90 Å². The molecule has 1 aromatic rings. The molecule has 0 saturated carbocycles. The average molecular weight is 379 g/mol. The van der Waals surface area contributed by atoms with Crippen LogP contribution in [0.15, 0.2) is 30.3 Å². The summed E-state index contributed by atoms with van der Waals surface area (Å²) in [4.78, 5) is 36.1. The monoisotopic (exact) mass is 379 g/mol. The van der Waals surface area contributed by atoms with Gasteiger partial charge in [-0.3, -0.25) is 9.59 Å². The lowest BCUT2D eigenvalue weighted by molar-refractivity contribution is -0.148. The standard InChI is InChI=1S/C19H25NO5S/c1-14(21)26-11-9-17(22)20-13-19(25,12-16(20)18(23)24)10-5-8-15-6-3-2-4-7-15/h2-4,6-7,16,25H,5,8-13H2,1H3,(H,23,24)/t16-,19?/m0/s1. The van der Waals surface area contributed by atoms with Crippen LogP contribution < -0.4 is 0 Å². The number of benzene rings is 1. The second kappa shape index (κ2) is 9.19. The number of rotatable bonds is 8. The second-order valence-corrected chi connectivity index (χ2v) is 8.01. The Morgan fingerprint density at radius 1 is 1.27 bits per heavy atom. The molecule has 1 unspecified atom stereocenters. The summed E-state index contributed by atoms with van der Waals surface area (Å²) >= 11 is 1.04. The van der Waals surface area contributed by atoms with Crippen molar-refractivity contribution >= 4 is 28.8 Å². The fourth-order valence-corrected chi connectivity index (χ4v) is 3.88. The van der Waals surface area contributed by atoms with Crippen LogP contribution in [0.1, 0.15) is 38.2 Å². The maximum atomic E-state index is 12.4. The highest BCUT2D eigenvalue weighted by Gasteiger charge is 2.47. The summed E-state index contributed by atoms with van der Waals surface area (Å²) < 4.78 is 0. The molecule has 1 heterocycles. The van der Waals surface area contributed by atoms with Crippen molar-refractivity contribution < 1.29 is 24.6 Å². The number of carbonyl (C=O) groups excluding carboxylic acids is 2. The summed E-state index contributed by atoms with van der Waals surface area (Å²) in [5.41, 5.74) is -0.0145. The van der Waals surface area contributed by atoms with Gasteiger partial charge in [-0.1, -0.05) is 42.1 Å². The van der Waals surface area contributed by atoms with E-state index in [9.17, 15) is 24.6 Å². The van der Waals surface area contributed by atoms with Crippen LogP contribution >= 0.6 is 11.8 Å². The lowest BCUT2D eigenvalue weighted by Crippen LogP contribution is -2.41. The van der Waals surface area contributed by atoms with E-state index in [2.05, 4.69) is 0 Å². The van der Waals surface area contributed by atoms with E-state index in [0.29, 0.717) is 12.2 Å². The summed E-state index contributed by atoms with van der Waals surface area (Å²) in [6.07, 6.45) is 2.09. The van der Waals surface area contributed by atoms with E-state index in [1.165, 1.54) is 11.8 Å². The number of hydrogen-bond acceptors (Lipinski definition) is 5. The third-order valence-electron chi connectivity index (χ3n) is 4.59. The van der Waals surface area contributed by atoms with Crippen LogP contribution in [0.4, 0.5) is 0 Å². The number of aliphatic carboxylic acids is 1. The molecular weight excluding hydrogens is 354 g/mol. The van der Waals surface area contributed by atoms with Crippen molar-refractivity contribution in [2.75, 3.05) is 12.3 Å². The van der Waals surface area contributed by atoms with Crippen LogP contribution in [-0.2, 0) is 20.8 Å². The van der Waals surface area contributed by atoms with Gasteiger partial charge in [-0.15, -0.1) is 0 Å². The molecule has 7 heteroatoms. The van der Waals surface area contributed by atoms with Gasteiger partial charge in [0.25, 0.3) is 0 Å². The van der Waals surface area contributed by atoms with Crippen LogP contribution in [0.3, 0.4) is 0 Å². The zero-order valence-electron chi connectivity index (χ0n) is 14.9. The van der Waals surface area contributed by atoms with E-state index in [0.717, 1.165) is 30.2 Å². The Balaban J connectivity index is 1.92. The Morgan fingerprint density at radius 3 is 2.58 bits per heavy atom. The molecule has 1 saturated heterocycles. The minimum absolute atomic E-state index is 0.0301. The minimum atomic E-state index is -1.18. The lowest BCUT2D eigenvalue weighted by Gasteiger charge is -2.23. The molecule has 1 aliphatic heterocycles. The van der Waals surface area contributed by atoms with E-state index in [1.807, 2.05) is 30.3 Å². The maximum Gasteiger partial charge on any atom is 0.326 e. The van der Waals surface area contributed by atoms with Crippen molar-refractivity contribution in [2.24, 2.45) is 0 Å². The molecule has 0 aliphatic carbocycles. The van der Waals surface area contributed by atoms with E-state index in [1.54, 1.807) is 0 Å². The molecule has 26 heavy (non-hydrogen) atoms. The highest BCUT2D eigenvalue weighted by Crippen LogP contribution is 2.32. The fraction of sp³-hybridized carbons (Fsp3) is 0.526. The lowest BCUT2D eigenvalue weighted by atomic mass is 9.92. The Labute approximate surface area is 157 Å². The Kier molecular flexibility index (Phi) is 7.23. The Bertz CT molecular complexity index is 651. The molecule has 0 radical (unpaired) electrons. The first-order valence-electron chi connectivity index (χ1n) is 8.73. The van der Waals surface area contributed by atoms with Crippen molar-refractivity contribution in [3.8, 4) is 0 Å². The molecule has 6 nitrogen and oxygen atoms in total. The van der Waals surface area contributed by atoms with Crippen molar-refractivity contribution in [1.29, 1.82) is 0 Å². The van der Waals surface area contributed by atoms with Crippen molar-refractivity contribution in [3.63, 3.8) is 0 Å². The van der Waals surface area contributed by atoms with Gasteiger partial charge in [-0.2, -0.15) is 0 Å². The molecule has 2 N–H and O–H groups in total. The summed E-state index contributed by atoms with van der Waals surface area (Å²) in [7, 11) is 0. The fourth-order valence-electron chi connectivity index (χ4n) is 3.32. The number of aryl methyl sites for hydroxylation is 1. The number of nitrogens with zero attached hydrogens (tertiary/aromatic N) is 1. The molecule has 2 atom stereocenters. The number of carboxylic acids is 1. The second-order valence-electron chi connectivity index (χ2n) is 6.73. The number of carboxylic acid groups (broad SMARTS) is 1. The molecule has 0 bridgehead atoms. The molecule has 1 fully saturated rings. The van der Waals surface area contributed by atoms with Gasteiger partial charge in [-0.05, 0) is 24.8 Å². The van der Waals surface area contributed by atoms with E-state index >= 15 is 0 Å². The maximum absolute atomic E-state index is 12.4. The summed E-state index contributed by atoms with van der Waals surface area (Å²) in [6.45, 7) is 1.46. The summed E-state index contributed by atoms with van der Waals surface area (Å²) in [5.74, 6) is -1.11. The van der Waals surface area contributed by atoms with E-state index in [-0.39, 0.29) is 30.4 Å². The SMILES string of the molecule is CC(=O)SCCC(=O)N1CC(O)(CCCc2ccccc2)C[C@H]1C(=O)O. The number of amides is 1. The van der Waals surface area contributed by atoms with Crippen LogP contribution in [0.2, 0.25) is 0 Å². The number of aliphatic hydroxyl groups is 1. The van der Waals surface area contributed by atoms with Crippen LogP contribution in [0.5, 0.6) is 0 Å². The predicted octanol–water partition coefficient (Wildman–Crippen LogP) is 2.10. The van der Waals surface area contributed by atoms with E-state index < -0.39 is 17.6 Å². The third-order valence-corrected chi connectivity index (χ3v) is 5.41. The van der Waals surface area contributed by atoms with Gasteiger partial charge >= 0.3 is 5.97 Å². The van der Waals surface area contributed by atoms with Crippen molar-refractivity contribution in [3.05, 3.63) is 35.9 Å². The van der Waals surface area contributed by atoms with Gasteiger partial charge in [0.1, 0.15) is 6.04 Å². The molecule has 142 valence electrons. The zero-order chi connectivity index (χ0) is 19.2. The molecular formula is C19H25NO5S. The first-order valence-corrected chi connectivity index (χ1v) is 9.71. The molecule has 1 aromatic carbocycles. The summed E-state index contributed by atoms with van der Waals surface area (Å²) in [6, 6.07) is 8.88. The van der Waals surface area contributed by atoms with Crippen molar-refractivity contribution in [2.45, 2.75) is 50.7 Å². The van der Waals surface area contributed by atoms with Gasteiger partial charge in [0.05, 0.1) is 12.1 Å². The minimum Gasteiger partial charge on any atom is -0.480 e. The number of carbonyl (C=O) groups is 3. The first kappa shape index (κ1) is 20.5. The highest BCUT2D eigenvalue weighted by molar-refractivity contribution is 8.13. The largest absolute Gasteiger partial charge is 0.480 e. The topological polar surface area (TPSA) is 94.9 Å². The smallest absolute Gasteiger partial charge is 0.326 e. The van der Waals surface area contributed by atoms with Gasteiger partial charge in [0.15, 0.2) is 5.12 Å². The molecule has 0 aromatic heterocycles. The van der Waals surface area contributed by atoms with Crippen LogP contribution in [-0.4, -0.2) is 56.0 Å². The molecule has 1 aliphatic rings. The first-order chi connectivity index (χ1) is 12.3. The van der Waals surface area contributed by atoms with Gasteiger partial charge in [0, 0.05) is 25.5 Å². The Morgan fingerprint density at radius 2 is 1.96 bits per heavy atom. The van der Waals surface area contributed by atoms with Gasteiger partial charge < -0.3 is 15.1 Å². The van der Waals surface area contributed by atoms with Gasteiger partial charge in [-0.25, -0.2) is 4.79 Å². The predicted molar refractivity (Wildman–Crippen MR) is 99.8 cm³/mol. The summed E-state index contributed by atoms with van der Waals surface area (Å²) in [5, 5.41) is 20.1. The quantitative estimate of drug-likeness (QED) is 0.718. The molecule has 1 amide bonds. The highest BCUT2D eigenvalue weighted by atomic mass is 32.2. The molecule has 0 spiro atoms. The Hall–Kier alpha value is -1.86. The van der Waals surface area contributed by atoms with Gasteiger partial charge in [0.2, 0.25) is 5.91 Å².